The van der Waals surface area contributed by atoms with Crippen molar-refractivity contribution in [1.82, 2.24) is 5.32 Å². The van der Waals surface area contributed by atoms with Crippen LogP contribution in [0.15, 0.2) is 0 Å². The van der Waals surface area contributed by atoms with E-state index in [-0.39, 0.29) is 11.9 Å². The first-order chi connectivity index (χ1) is 6.10. The fourth-order valence-corrected chi connectivity index (χ4v) is 1.22. The van der Waals surface area contributed by atoms with Crippen LogP contribution in [-0.2, 0) is 4.79 Å². The lowest BCUT2D eigenvalue weighted by Crippen LogP contribution is -2.30. The van der Waals surface area contributed by atoms with Crippen LogP contribution in [0.5, 0.6) is 0 Å². The molecule has 0 aromatic heterocycles. The lowest BCUT2D eigenvalue weighted by molar-refractivity contribution is -0.121. The Morgan fingerprint density at radius 3 is 2.46 bits per heavy atom. The average molecular weight is 186 g/mol. The summed E-state index contributed by atoms with van der Waals surface area (Å²) in [6.45, 7) is 6.74. The molecule has 0 aromatic rings. The molecule has 0 bridgehead atoms. The van der Waals surface area contributed by atoms with E-state index in [0.717, 1.165) is 12.8 Å². The Morgan fingerprint density at radius 1 is 1.46 bits per heavy atom. The molecule has 0 aliphatic rings. The fraction of sp³-hybridized carbons (Fsp3) is 0.900. The van der Waals surface area contributed by atoms with Crippen molar-refractivity contribution in [3.63, 3.8) is 0 Å². The number of hydrogen-bond donors (Lipinski definition) is 2. The highest BCUT2D eigenvalue weighted by molar-refractivity contribution is 5.76. The zero-order chi connectivity index (χ0) is 10.3. The lowest BCUT2D eigenvalue weighted by atomic mass is 10.0. The van der Waals surface area contributed by atoms with E-state index in [4.69, 9.17) is 5.73 Å². The summed E-state index contributed by atoms with van der Waals surface area (Å²) >= 11 is 0. The van der Waals surface area contributed by atoms with Gasteiger partial charge in [-0.1, -0.05) is 13.3 Å². The number of carbonyl (C=O) groups is 1. The van der Waals surface area contributed by atoms with Crippen LogP contribution >= 0.6 is 0 Å². The molecule has 78 valence electrons. The number of nitrogens with two attached hydrogens (primary N) is 1. The van der Waals surface area contributed by atoms with Gasteiger partial charge < -0.3 is 11.1 Å². The molecule has 3 nitrogen and oxygen atoms in total. The van der Waals surface area contributed by atoms with E-state index in [0.29, 0.717) is 18.9 Å². The van der Waals surface area contributed by atoms with Crippen LogP contribution in [0.25, 0.3) is 0 Å². The predicted molar refractivity (Wildman–Crippen MR) is 55.3 cm³/mol. The number of carbonyl (C=O) groups excluding carboxylic acids is 1. The van der Waals surface area contributed by atoms with E-state index in [1.807, 2.05) is 13.8 Å². The first-order valence-electron chi connectivity index (χ1n) is 5.09. The van der Waals surface area contributed by atoms with E-state index in [1.165, 1.54) is 0 Å². The van der Waals surface area contributed by atoms with Gasteiger partial charge in [0.2, 0.25) is 5.91 Å². The van der Waals surface area contributed by atoms with E-state index in [9.17, 15) is 4.79 Å². The normalized spacial score (nSPS) is 13.0. The van der Waals surface area contributed by atoms with Gasteiger partial charge in [-0.05, 0) is 32.7 Å². The summed E-state index contributed by atoms with van der Waals surface area (Å²) < 4.78 is 0. The summed E-state index contributed by atoms with van der Waals surface area (Å²) in [5, 5.41) is 2.87. The Balaban J connectivity index is 3.56. The average Bonchev–Trinajstić information content (AvgIpc) is 2.05. The zero-order valence-electron chi connectivity index (χ0n) is 8.97. The Labute approximate surface area is 81.1 Å². The maximum absolute atomic E-state index is 11.2. The van der Waals surface area contributed by atoms with E-state index < -0.39 is 0 Å². The molecule has 0 saturated heterocycles. The second-order valence-corrected chi connectivity index (χ2v) is 3.77. The third kappa shape index (κ3) is 6.58. The van der Waals surface area contributed by atoms with Gasteiger partial charge in [0, 0.05) is 12.5 Å². The molecule has 1 unspecified atom stereocenters. The van der Waals surface area contributed by atoms with Crippen LogP contribution in [0.1, 0.15) is 40.0 Å². The Hall–Kier alpha value is -0.570. The zero-order valence-corrected chi connectivity index (χ0v) is 8.97. The standard InChI is InChI=1S/C10H22N2O/c1-4-9(7-11)5-6-10(13)12-8(2)3/h8-9H,4-7,11H2,1-3H3,(H,12,13). The van der Waals surface area contributed by atoms with Crippen LogP contribution < -0.4 is 11.1 Å². The molecule has 3 N–H and O–H groups in total. The molecule has 0 aromatic carbocycles. The van der Waals surface area contributed by atoms with Gasteiger partial charge in [-0.2, -0.15) is 0 Å². The predicted octanol–water partition coefficient (Wildman–Crippen LogP) is 1.28. The van der Waals surface area contributed by atoms with Crippen molar-refractivity contribution in [2.45, 2.75) is 46.1 Å². The van der Waals surface area contributed by atoms with Gasteiger partial charge in [0.1, 0.15) is 0 Å². The second kappa shape index (κ2) is 6.89. The van der Waals surface area contributed by atoms with Crippen LogP contribution in [0, 0.1) is 5.92 Å². The van der Waals surface area contributed by atoms with E-state index >= 15 is 0 Å². The van der Waals surface area contributed by atoms with Gasteiger partial charge in [0.05, 0.1) is 0 Å². The van der Waals surface area contributed by atoms with Crippen LogP contribution in [0.2, 0.25) is 0 Å². The highest BCUT2D eigenvalue weighted by Gasteiger charge is 2.08. The Morgan fingerprint density at radius 2 is 2.08 bits per heavy atom. The SMILES string of the molecule is CCC(CN)CCC(=O)NC(C)C. The molecule has 3 heteroatoms. The smallest absolute Gasteiger partial charge is 0.220 e. The first kappa shape index (κ1) is 12.4. The van der Waals surface area contributed by atoms with Crippen molar-refractivity contribution in [2.75, 3.05) is 6.54 Å². The monoisotopic (exact) mass is 186 g/mol. The molecule has 13 heavy (non-hydrogen) atoms. The maximum Gasteiger partial charge on any atom is 0.220 e. The topological polar surface area (TPSA) is 55.1 Å². The number of amides is 1. The van der Waals surface area contributed by atoms with E-state index in [1.54, 1.807) is 0 Å². The van der Waals surface area contributed by atoms with Gasteiger partial charge >= 0.3 is 0 Å². The number of hydrogen-bond acceptors (Lipinski definition) is 2. The molecule has 0 radical (unpaired) electrons. The third-order valence-corrected chi connectivity index (χ3v) is 2.14. The molecule has 0 fully saturated rings. The summed E-state index contributed by atoms with van der Waals surface area (Å²) in [5.74, 6) is 0.639. The second-order valence-electron chi connectivity index (χ2n) is 3.77. The largest absolute Gasteiger partial charge is 0.354 e. The van der Waals surface area contributed by atoms with Crippen molar-refractivity contribution in [1.29, 1.82) is 0 Å². The molecule has 0 heterocycles. The van der Waals surface area contributed by atoms with Crippen molar-refractivity contribution in [3.8, 4) is 0 Å². The van der Waals surface area contributed by atoms with Gasteiger partial charge in [-0.25, -0.2) is 0 Å². The third-order valence-electron chi connectivity index (χ3n) is 2.14. The molecule has 1 amide bonds. The summed E-state index contributed by atoms with van der Waals surface area (Å²) in [5.41, 5.74) is 5.54. The minimum Gasteiger partial charge on any atom is -0.354 e. The van der Waals surface area contributed by atoms with Crippen LogP contribution in [0.3, 0.4) is 0 Å². The van der Waals surface area contributed by atoms with Gasteiger partial charge in [0.15, 0.2) is 0 Å². The highest BCUT2D eigenvalue weighted by atomic mass is 16.1. The maximum atomic E-state index is 11.2. The van der Waals surface area contributed by atoms with Crippen LogP contribution in [-0.4, -0.2) is 18.5 Å². The van der Waals surface area contributed by atoms with Crippen molar-refractivity contribution >= 4 is 5.91 Å². The van der Waals surface area contributed by atoms with Crippen LogP contribution in [0.4, 0.5) is 0 Å². The molecule has 0 spiro atoms. The molecule has 0 saturated carbocycles. The summed E-state index contributed by atoms with van der Waals surface area (Å²) in [4.78, 5) is 11.2. The van der Waals surface area contributed by atoms with Gasteiger partial charge in [0.25, 0.3) is 0 Å². The Bertz CT molecular complexity index is 142. The molecule has 0 aliphatic carbocycles. The minimum atomic E-state index is 0.141. The first-order valence-corrected chi connectivity index (χ1v) is 5.09. The molecule has 1 atom stereocenters. The molecule has 0 aliphatic heterocycles. The summed E-state index contributed by atoms with van der Waals surface area (Å²) in [7, 11) is 0. The van der Waals surface area contributed by atoms with Gasteiger partial charge in [-0.3, -0.25) is 4.79 Å². The van der Waals surface area contributed by atoms with Crippen molar-refractivity contribution < 1.29 is 4.79 Å². The highest BCUT2D eigenvalue weighted by Crippen LogP contribution is 2.08. The van der Waals surface area contributed by atoms with Gasteiger partial charge in [-0.15, -0.1) is 0 Å². The van der Waals surface area contributed by atoms with E-state index in [2.05, 4.69) is 12.2 Å². The fourth-order valence-electron chi connectivity index (χ4n) is 1.22. The molecule has 0 rings (SSSR count). The minimum absolute atomic E-state index is 0.141. The number of nitrogens with one attached hydrogen (secondary N) is 1. The quantitative estimate of drug-likeness (QED) is 0.656. The summed E-state index contributed by atoms with van der Waals surface area (Å²) in [6, 6.07) is 0.241. The van der Waals surface area contributed by atoms with Crippen molar-refractivity contribution in [2.24, 2.45) is 11.7 Å². The lowest BCUT2D eigenvalue weighted by Gasteiger charge is -2.12. The molecular formula is C10H22N2O. The summed E-state index contributed by atoms with van der Waals surface area (Å²) in [6.07, 6.45) is 2.57. The molecular weight excluding hydrogens is 164 g/mol. The Kier molecular flexibility index (Phi) is 6.59. The van der Waals surface area contributed by atoms with Crippen molar-refractivity contribution in [3.05, 3.63) is 0 Å². The number of rotatable bonds is 6.